The van der Waals surface area contributed by atoms with Crippen molar-refractivity contribution < 1.29 is 19.1 Å². The van der Waals surface area contributed by atoms with Gasteiger partial charge in [-0.3, -0.25) is 9.59 Å². The molecule has 0 unspecified atom stereocenters. The van der Waals surface area contributed by atoms with E-state index >= 15 is 0 Å². The Morgan fingerprint density at radius 2 is 1.88 bits per heavy atom. The Morgan fingerprint density at radius 3 is 2.45 bits per heavy atom. The lowest BCUT2D eigenvalue weighted by Gasteiger charge is -2.44. The van der Waals surface area contributed by atoms with Gasteiger partial charge in [-0.15, -0.1) is 11.3 Å². The second-order valence-electron chi connectivity index (χ2n) is 13.9. The standard InChI is InChI=1S/C32H54N2O4SSi/c1-21-16-14-12-13-15-17-26(22(2)18-25-20-39-24(4)33-25)34-28(35)19-27(38-40(10,11)31(5,6)7)32(8,9)30(37)23(3)29(21)36/h13,15,18,20-21,23,26-27,29,36H,12,14,16-17,19H2,1-11H3,(H,34,35)/b15-13+,22-18+/t21-,23+,26-,27-,29-/m0/s1. The number of carbonyl (C=O) groups excluding carboxylic acids is 2. The first kappa shape index (κ1) is 34.6. The average Bonchev–Trinajstić information content (AvgIpc) is 3.25. The topological polar surface area (TPSA) is 88.5 Å². The zero-order chi connectivity index (χ0) is 30.5. The third-order valence-electron chi connectivity index (χ3n) is 9.03. The van der Waals surface area contributed by atoms with Crippen molar-refractivity contribution in [1.29, 1.82) is 0 Å². The van der Waals surface area contributed by atoms with Crippen LogP contribution in [0.25, 0.3) is 6.08 Å². The van der Waals surface area contributed by atoms with Crippen LogP contribution in [0.5, 0.6) is 0 Å². The average molecular weight is 591 g/mol. The summed E-state index contributed by atoms with van der Waals surface area (Å²) >= 11 is 1.61. The minimum Gasteiger partial charge on any atom is -0.412 e. The lowest BCUT2D eigenvalue weighted by atomic mass is 9.73. The minimum absolute atomic E-state index is 0.00129. The zero-order valence-corrected chi connectivity index (χ0v) is 28.6. The molecule has 5 atom stereocenters. The van der Waals surface area contributed by atoms with Crippen LogP contribution in [0, 0.1) is 24.2 Å². The molecule has 6 nitrogen and oxygen atoms in total. The Balaban J connectivity index is 2.49. The summed E-state index contributed by atoms with van der Waals surface area (Å²) in [5.74, 6) is -0.749. The number of aromatic nitrogens is 1. The number of carbonyl (C=O) groups is 2. The van der Waals surface area contributed by atoms with Gasteiger partial charge in [0.05, 0.1) is 35.4 Å². The third kappa shape index (κ3) is 9.20. The van der Waals surface area contributed by atoms with Crippen molar-refractivity contribution in [3.63, 3.8) is 0 Å². The van der Waals surface area contributed by atoms with Crippen LogP contribution < -0.4 is 5.32 Å². The molecule has 0 radical (unpaired) electrons. The molecule has 0 bridgehead atoms. The highest BCUT2D eigenvalue weighted by Crippen LogP contribution is 2.42. The summed E-state index contributed by atoms with van der Waals surface area (Å²) in [4.78, 5) is 32.2. The normalized spacial score (nSPS) is 29.2. The molecule has 0 aromatic carbocycles. The number of nitrogens with one attached hydrogen (secondary N) is 1. The number of aliphatic hydroxyl groups is 1. The van der Waals surface area contributed by atoms with Crippen LogP contribution in [-0.2, 0) is 14.0 Å². The van der Waals surface area contributed by atoms with Crippen molar-refractivity contribution in [2.24, 2.45) is 17.3 Å². The van der Waals surface area contributed by atoms with E-state index in [2.05, 4.69) is 56.3 Å². The Hall–Kier alpha value is -1.61. The summed E-state index contributed by atoms with van der Waals surface area (Å²) in [5, 5.41) is 17.3. The third-order valence-corrected chi connectivity index (χ3v) is 14.3. The van der Waals surface area contributed by atoms with Crippen molar-refractivity contribution in [3.05, 3.63) is 33.8 Å². The lowest BCUT2D eigenvalue weighted by Crippen LogP contribution is -2.53. The van der Waals surface area contributed by atoms with Crippen molar-refractivity contribution in [2.75, 3.05) is 0 Å². The summed E-state index contributed by atoms with van der Waals surface area (Å²) in [7, 11) is -2.33. The maximum atomic E-state index is 14.0. The van der Waals surface area contributed by atoms with Gasteiger partial charge in [-0.1, -0.05) is 60.6 Å². The van der Waals surface area contributed by atoms with Crippen molar-refractivity contribution in [2.45, 2.75) is 131 Å². The molecule has 2 heterocycles. The van der Waals surface area contributed by atoms with E-state index in [1.165, 1.54) is 0 Å². The number of aliphatic hydroxyl groups excluding tert-OH is 1. The smallest absolute Gasteiger partial charge is 0.223 e. The molecule has 40 heavy (non-hydrogen) atoms. The van der Waals surface area contributed by atoms with E-state index in [1.54, 1.807) is 11.3 Å². The van der Waals surface area contributed by atoms with Gasteiger partial charge >= 0.3 is 0 Å². The number of Topliss-reactive ketones (excluding diaryl/α,β-unsaturated/α-hetero) is 1. The minimum atomic E-state index is -2.33. The number of hydrogen-bond acceptors (Lipinski definition) is 6. The van der Waals surface area contributed by atoms with Gasteiger partial charge in [-0.05, 0) is 75.2 Å². The van der Waals surface area contributed by atoms with Crippen molar-refractivity contribution >= 4 is 37.4 Å². The number of rotatable bonds is 4. The first-order valence-electron chi connectivity index (χ1n) is 14.8. The van der Waals surface area contributed by atoms with Crippen LogP contribution in [0.2, 0.25) is 18.1 Å². The fourth-order valence-corrected chi connectivity index (χ4v) is 7.02. The highest BCUT2D eigenvalue weighted by atomic mass is 32.1. The number of amides is 1. The molecule has 1 aromatic rings. The number of thiazole rings is 1. The molecule has 2 rings (SSSR count). The second-order valence-corrected chi connectivity index (χ2v) is 19.7. The molecule has 1 amide bonds. The molecule has 226 valence electrons. The Bertz CT molecular complexity index is 1070. The van der Waals surface area contributed by atoms with E-state index in [0.717, 1.165) is 35.5 Å². The fourth-order valence-electron chi connectivity index (χ4n) is 5.01. The molecule has 0 spiro atoms. The Labute approximate surface area is 248 Å². The monoisotopic (exact) mass is 590 g/mol. The van der Waals surface area contributed by atoms with E-state index < -0.39 is 31.9 Å². The van der Waals surface area contributed by atoms with Gasteiger partial charge in [0.25, 0.3) is 0 Å². The number of ketones is 1. The van der Waals surface area contributed by atoms with Crippen LogP contribution in [-0.4, -0.2) is 48.3 Å². The van der Waals surface area contributed by atoms with E-state index in [4.69, 9.17) is 4.43 Å². The van der Waals surface area contributed by atoms with Gasteiger partial charge in [0.1, 0.15) is 5.78 Å². The highest BCUT2D eigenvalue weighted by molar-refractivity contribution is 7.09. The SMILES string of the molecule is C/C(=C\c1csc(C)n1)[C@@H]1C/C=C/CCC[C@H](C)[C@H](O)[C@@H](C)C(=O)C(C)(C)[C@@H](O[Si](C)(C)C(C)(C)C)CC(=O)N1. The molecule has 0 fully saturated rings. The molecule has 1 aliphatic heterocycles. The quantitative estimate of drug-likeness (QED) is 0.280. The molecule has 8 heteroatoms. The first-order chi connectivity index (χ1) is 18.4. The second kappa shape index (κ2) is 14.0. The molecule has 2 N–H and O–H groups in total. The van der Waals surface area contributed by atoms with E-state index in [1.807, 2.05) is 53.0 Å². The largest absolute Gasteiger partial charge is 0.412 e. The zero-order valence-electron chi connectivity index (χ0n) is 26.8. The van der Waals surface area contributed by atoms with Crippen LogP contribution in [0.3, 0.4) is 0 Å². The molecular weight excluding hydrogens is 537 g/mol. The van der Waals surface area contributed by atoms with Gasteiger partial charge in [-0.25, -0.2) is 4.98 Å². The van der Waals surface area contributed by atoms with Crippen molar-refractivity contribution in [3.8, 4) is 0 Å². The van der Waals surface area contributed by atoms with Crippen LogP contribution >= 0.6 is 11.3 Å². The first-order valence-corrected chi connectivity index (χ1v) is 18.6. The van der Waals surface area contributed by atoms with Crippen LogP contribution in [0.4, 0.5) is 0 Å². The number of allylic oxidation sites excluding steroid dienone is 1. The summed E-state index contributed by atoms with van der Waals surface area (Å²) in [6, 6.07) is -0.189. The van der Waals surface area contributed by atoms with E-state index in [0.29, 0.717) is 6.42 Å². The Morgan fingerprint density at radius 1 is 1.23 bits per heavy atom. The summed E-state index contributed by atoms with van der Waals surface area (Å²) in [6.07, 6.45) is 8.40. The summed E-state index contributed by atoms with van der Waals surface area (Å²) < 4.78 is 6.85. The van der Waals surface area contributed by atoms with Gasteiger partial charge < -0.3 is 14.8 Å². The molecule has 1 aliphatic rings. The number of hydrogen-bond donors (Lipinski definition) is 2. The maximum Gasteiger partial charge on any atom is 0.223 e. The summed E-state index contributed by atoms with van der Waals surface area (Å²) in [6.45, 7) is 22.4. The Kier molecular flexibility index (Phi) is 12.1. The molecule has 0 aliphatic carbocycles. The van der Waals surface area contributed by atoms with Crippen LogP contribution in [0.15, 0.2) is 23.1 Å². The van der Waals surface area contributed by atoms with E-state index in [9.17, 15) is 14.7 Å². The maximum absolute atomic E-state index is 14.0. The van der Waals surface area contributed by atoms with Crippen LogP contribution in [0.1, 0.15) is 98.2 Å². The molecule has 0 saturated carbocycles. The predicted octanol–water partition coefficient (Wildman–Crippen LogP) is 7.48. The van der Waals surface area contributed by atoms with Gasteiger partial charge in [0.15, 0.2) is 8.32 Å². The molecular formula is C32H54N2O4SSi. The number of nitrogens with zero attached hydrogens (tertiary/aromatic N) is 1. The lowest BCUT2D eigenvalue weighted by molar-refractivity contribution is -0.142. The highest BCUT2D eigenvalue weighted by Gasteiger charge is 2.48. The molecule has 1 aromatic heterocycles. The van der Waals surface area contributed by atoms with Gasteiger partial charge in [0, 0.05) is 16.7 Å². The number of aryl methyl sites for hydroxylation is 1. The van der Waals surface area contributed by atoms with Gasteiger partial charge in [0.2, 0.25) is 5.91 Å². The molecule has 0 saturated heterocycles. The predicted molar refractivity (Wildman–Crippen MR) is 170 cm³/mol. The van der Waals surface area contributed by atoms with E-state index in [-0.39, 0.29) is 35.1 Å². The van der Waals surface area contributed by atoms with Gasteiger partial charge in [-0.2, -0.15) is 0 Å². The fraction of sp³-hybridized carbons (Fsp3) is 0.719. The summed E-state index contributed by atoms with van der Waals surface area (Å²) in [5.41, 5.74) is 0.979. The van der Waals surface area contributed by atoms with Crippen molar-refractivity contribution in [1.82, 2.24) is 10.3 Å².